The summed E-state index contributed by atoms with van der Waals surface area (Å²) >= 11 is 0. The smallest absolute Gasteiger partial charge is 0.407 e. The Kier molecular flexibility index (Phi) is 6.21. The van der Waals surface area contributed by atoms with Crippen molar-refractivity contribution in [3.8, 4) is 0 Å². The van der Waals surface area contributed by atoms with Crippen LogP contribution < -0.4 is 5.32 Å². The van der Waals surface area contributed by atoms with Gasteiger partial charge < -0.3 is 19.9 Å². The first-order valence-electron chi connectivity index (χ1n) is 5.97. The summed E-state index contributed by atoms with van der Waals surface area (Å²) < 4.78 is 10.0. The Hall–Kier alpha value is -1.56. The highest BCUT2D eigenvalue weighted by Crippen LogP contribution is 2.21. The summed E-state index contributed by atoms with van der Waals surface area (Å²) in [7, 11) is 0. The third kappa shape index (κ3) is 5.18. The normalized spacial score (nSPS) is 17.8. The number of carbonyl (C=O) groups excluding carboxylic acids is 1. The molecule has 1 heterocycles. The van der Waals surface area contributed by atoms with Gasteiger partial charge in [-0.25, -0.2) is 4.79 Å². The Balaban J connectivity index is 2.50. The molecule has 6 nitrogen and oxygen atoms in total. The maximum Gasteiger partial charge on any atom is 0.407 e. The minimum atomic E-state index is -0.935. The van der Waals surface area contributed by atoms with E-state index in [0.717, 1.165) is 12.8 Å². The minimum absolute atomic E-state index is 0.103. The zero-order chi connectivity index (χ0) is 13.4. The van der Waals surface area contributed by atoms with Gasteiger partial charge in [-0.2, -0.15) is 0 Å². The summed E-state index contributed by atoms with van der Waals surface area (Å²) in [6.45, 7) is 4.75. The molecule has 18 heavy (non-hydrogen) atoms. The first-order valence-corrected chi connectivity index (χ1v) is 5.97. The van der Waals surface area contributed by atoms with E-state index in [-0.39, 0.29) is 18.9 Å². The minimum Gasteiger partial charge on any atom is -0.481 e. The number of aliphatic carboxylic acids is 1. The predicted molar refractivity (Wildman–Crippen MR) is 64.3 cm³/mol. The van der Waals surface area contributed by atoms with E-state index < -0.39 is 18.1 Å². The number of alkyl carbamates (subject to hydrolysis) is 1. The topological polar surface area (TPSA) is 84.9 Å². The summed E-state index contributed by atoms with van der Waals surface area (Å²) in [4.78, 5) is 22.2. The molecule has 0 radical (unpaired) electrons. The molecule has 0 aromatic rings. The molecule has 1 rings (SSSR count). The number of hydrogen-bond acceptors (Lipinski definition) is 4. The van der Waals surface area contributed by atoms with Gasteiger partial charge in [0.25, 0.3) is 0 Å². The number of carboxylic acid groups (broad SMARTS) is 1. The molecule has 0 spiro atoms. The molecule has 1 atom stereocenters. The SMILES string of the molecule is C=CCOC(=O)NC(CC(=O)O)C1CCOCC1. The summed E-state index contributed by atoms with van der Waals surface area (Å²) in [6, 6.07) is -0.413. The number of carboxylic acids is 1. The summed E-state index contributed by atoms with van der Waals surface area (Å²) in [5.74, 6) is -0.818. The molecule has 1 aliphatic rings. The van der Waals surface area contributed by atoms with Crippen LogP contribution in [-0.4, -0.2) is 43.0 Å². The van der Waals surface area contributed by atoms with Crippen LogP contribution in [0.5, 0.6) is 0 Å². The van der Waals surface area contributed by atoms with Crippen LogP contribution in [0.25, 0.3) is 0 Å². The molecular formula is C12H19NO5. The summed E-state index contributed by atoms with van der Waals surface area (Å²) in [5, 5.41) is 11.5. The third-order valence-corrected chi connectivity index (χ3v) is 2.87. The van der Waals surface area contributed by atoms with Crippen molar-refractivity contribution in [1.82, 2.24) is 5.32 Å². The molecule has 1 amide bonds. The molecule has 1 unspecified atom stereocenters. The van der Waals surface area contributed by atoms with Crippen LogP contribution in [0, 0.1) is 5.92 Å². The van der Waals surface area contributed by atoms with Gasteiger partial charge in [0.15, 0.2) is 0 Å². The van der Waals surface area contributed by atoms with Crippen molar-refractivity contribution in [2.24, 2.45) is 5.92 Å². The van der Waals surface area contributed by atoms with Gasteiger partial charge in [0.2, 0.25) is 0 Å². The average Bonchev–Trinajstić information content (AvgIpc) is 2.36. The lowest BCUT2D eigenvalue weighted by Gasteiger charge is -2.29. The van der Waals surface area contributed by atoms with Crippen molar-refractivity contribution in [2.45, 2.75) is 25.3 Å². The average molecular weight is 257 g/mol. The maximum atomic E-state index is 11.4. The van der Waals surface area contributed by atoms with Crippen molar-refractivity contribution in [1.29, 1.82) is 0 Å². The van der Waals surface area contributed by atoms with Gasteiger partial charge in [-0.3, -0.25) is 4.79 Å². The zero-order valence-electron chi connectivity index (χ0n) is 10.3. The maximum absolute atomic E-state index is 11.4. The van der Waals surface area contributed by atoms with Crippen LogP contribution in [0.4, 0.5) is 4.79 Å². The number of carbonyl (C=O) groups is 2. The summed E-state index contributed by atoms with van der Waals surface area (Å²) in [6.07, 6.45) is 2.25. The lowest BCUT2D eigenvalue weighted by atomic mass is 9.90. The van der Waals surface area contributed by atoms with Crippen LogP contribution in [0.3, 0.4) is 0 Å². The van der Waals surface area contributed by atoms with Crippen LogP contribution in [0.2, 0.25) is 0 Å². The van der Waals surface area contributed by atoms with E-state index in [4.69, 9.17) is 14.6 Å². The monoisotopic (exact) mass is 257 g/mol. The molecule has 1 saturated heterocycles. The highest BCUT2D eigenvalue weighted by atomic mass is 16.5. The molecule has 0 bridgehead atoms. The lowest BCUT2D eigenvalue weighted by molar-refractivity contribution is -0.138. The van der Waals surface area contributed by atoms with Crippen molar-refractivity contribution in [3.63, 3.8) is 0 Å². The van der Waals surface area contributed by atoms with Gasteiger partial charge >= 0.3 is 12.1 Å². The number of hydrogen-bond donors (Lipinski definition) is 2. The Bertz CT molecular complexity index is 299. The zero-order valence-corrected chi connectivity index (χ0v) is 10.3. The molecule has 1 fully saturated rings. The largest absolute Gasteiger partial charge is 0.481 e. The summed E-state index contributed by atoms with van der Waals surface area (Å²) in [5.41, 5.74) is 0. The highest BCUT2D eigenvalue weighted by molar-refractivity contribution is 5.71. The van der Waals surface area contributed by atoms with E-state index in [1.165, 1.54) is 6.08 Å². The molecule has 0 saturated carbocycles. The molecule has 102 valence electrons. The number of nitrogens with one attached hydrogen (secondary N) is 1. The number of amides is 1. The van der Waals surface area contributed by atoms with Crippen molar-refractivity contribution >= 4 is 12.1 Å². The standard InChI is InChI=1S/C12H19NO5/c1-2-5-18-12(16)13-10(8-11(14)15)9-3-6-17-7-4-9/h2,9-10H,1,3-8H2,(H,13,16)(H,14,15). The molecular weight excluding hydrogens is 238 g/mol. The molecule has 0 aliphatic carbocycles. The number of rotatable bonds is 6. The van der Waals surface area contributed by atoms with Gasteiger partial charge in [-0.05, 0) is 18.8 Å². The Morgan fingerprint density at radius 3 is 2.72 bits per heavy atom. The van der Waals surface area contributed by atoms with Gasteiger partial charge in [0, 0.05) is 19.3 Å². The van der Waals surface area contributed by atoms with Crippen molar-refractivity contribution in [2.75, 3.05) is 19.8 Å². The van der Waals surface area contributed by atoms with E-state index >= 15 is 0 Å². The van der Waals surface area contributed by atoms with Crippen LogP contribution >= 0.6 is 0 Å². The second-order valence-electron chi connectivity index (χ2n) is 4.19. The first-order chi connectivity index (χ1) is 8.63. The van der Waals surface area contributed by atoms with E-state index in [0.29, 0.717) is 13.2 Å². The molecule has 0 aromatic heterocycles. The first kappa shape index (κ1) is 14.5. The van der Waals surface area contributed by atoms with Gasteiger partial charge in [0.1, 0.15) is 6.61 Å². The Morgan fingerprint density at radius 2 is 2.17 bits per heavy atom. The Morgan fingerprint density at radius 1 is 1.50 bits per heavy atom. The van der Waals surface area contributed by atoms with Crippen molar-refractivity contribution < 1.29 is 24.2 Å². The van der Waals surface area contributed by atoms with Crippen LogP contribution in [0.1, 0.15) is 19.3 Å². The number of ether oxygens (including phenoxy) is 2. The molecule has 1 aliphatic heterocycles. The molecule has 6 heteroatoms. The predicted octanol–water partition coefficient (Wildman–Crippen LogP) is 1.17. The van der Waals surface area contributed by atoms with Gasteiger partial charge in [-0.1, -0.05) is 12.7 Å². The fourth-order valence-electron chi connectivity index (χ4n) is 1.97. The second-order valence-corrected chi connectivity index (χ2v) is 4.19. The van der Waals surface area contributed by atoms with E-state index in [1.54, 1.807) is 0 Å². The third-order valence-electron chi connectivity index (χ3n) is 2.87. The van der Waals surface area contributed by atoms with E-state index in [9.17, 15) is 9.59 Å². The highest BCUT2D eigenvalue weighted by Gasteiger charge is 2.27. The fourth-order valence-corrected chi connectivity index (χ4v) is 1.97. The van der Waals surface area contributed by atoms with Gasteiger partial charge in [-0.15, -0.1) is 0 Å². The van der Waals surface area contributed by atoms with Crippen LogP contribution in [0.15, 0.2) is 12.7 Å². The molecule has 2 N–H and O–H groups in total. The molecule has 0 aromatic carbocycles. The second kappa shape index (κ2) is 7.71. The van der Waals surface area contributed by atoms with E-state index in [1.807, 2.05) is 0 Å². The van der Waals surface area contributed by atoms with Crippen LogP contribution in [-0.2, 0) is 14.3 Å². The van der Waals surface area contributed by atoms with Gasteiger partial charge in [0.05, 0.1) is 6.42 Å². The van der Waals surface area contributed by atoms with E-state index in [2.05, 4.69) is 11.9 Å². The quantitative estimate of drug-likeness (QED) is 0.698. The Labute approximate surface area is 106 Å². The fraction of sp³-hybridized carbons (Fsp3) is 0.667. The lowest BCUT2D eigenvalue weighted by Crippen LogP contribution is -2.43. The van der Waals surface area contributed by atoms with Crippen molar-refractivity contribution in [3.05, 3.63) is 12.7 Å².